The molecular formula is C11H12Br2N2O2. The first kappa shape index (κ1) is 14.2. The Bertz CT molecular complexity index is 435. The Morgan fingerprint density at radius 1 is 1.29 bits per heavy atom. The lowest BCUT2D eigenvalue weighted by molar-refractivity contribution is -0.118. The van der Waals surface area contributed by atoms with Gasteiger partial charge in [-0.25, -0.2) is 0 Å². The lowest BCUT2D eigenvalue weighted by Gasteiger charge is -2.06. The molecule has 0 saturated carbocycles. The van der Waals surface area contributed by atoms with Crippen LogP contribution >= 0.6 is 31.9 Å². The van der Waals surface area contributed by atoms with Gasteiger partial charge in [0.2, 0.25) is 5.91 Å². The summed E-state index contributed by atoms with van der Waals surface area (Å²) in [5, 5.41) is 2.72. The molecule has 1 aromatic rings. The van der Waals surface area contributed by atoms with Crippen molar-refractivity contribution in [3.05, 3.63) is 32.7 Å². The third-order valence-corrected chi connectivity index (χ3v) is 3.21. The quantitative estimate of drug-likeness (QED) is 0.787. The van der Waals surface area contributed by atoms with Crippen molar-refractivity contribution in [3.8, 4) is 0 Å². The smallest absolute Gasteiger partial charge is 0.252 e. The van der Waals surface area contributed by atoms with Crippen LogP contribution in [0.25, 0.3) is 0 Å². The molecule has 0 radical (unpaired) electrons. The largest absolute Gasteiger partial charge is 0.370 e. The monoisotopic (exact) mass is 362 g/mol. The highest BCUT2D eigenvalue weighted by Gasteiger charge is 2.09. The van der Waals surface area contributed by atoms with E-state index in [-0.39, 0.29) is 18.2 Å². The number of halogens is 2. The first-order chi connectivity index (χ1) is 8.00. The topological polar surface area (TPSA) is 72.2 Å². The van der Waals surface area contributed by atoms with Crippen molar-refractivity contribution in [2.24, 2.45) is 5.73 Å². The summed E-state index contributed by atoms with van der Waals surface area (Å²) >= 11 is 6.63. The second-order valence-electron chi connectivity index (χ2n) is 3.45. The number of nitrogens with two attached hydrogens (primary N) is 1. The van der Waals surface area contributed by atoms with Crippen molar-refractivity contribution in [1.82, 2.24) is 5.32 Å². The summed E-state index contributed by atoms with van der Waals surface area (Å²) < 4.78 is 1.62. The van der Waals surface area contributed by atoms with Crippen molar-refractivity contribution < 1.29 is 9.59 Å². The third-order valence-electron chi connectivity index (χ3n) is 2.06. The summed E-state index contributed by atoms with van der Waals surface area (Å²) in [5.41, 5.74) is 5.56. The fourth-order valence-electron chi connectivity index (χ4n) is 1.23. The molecule has 0 spiro atoms. The van der Waals surface area contributed by atoms with Crippen molar-refractivity contribution in [2.75, 3.05) is 6.54 Å². The van der Waals surface area contributed by atoms with Crippen LogP contribution in [0.3, 0.4) is 0 Å². The molecule has 0 aliphatic carbocycles. The van der Waals surface area contributed by atoms with E-state index in [0.29, 0.717) is 18.5 Å². The highest BCUT2D eigenvalue weighted by molar-refractivity contribution is 9.11. The van der Waals surface area contributed by atoms with Gasteiger partial charge >= 0.3 is 0 Å². The maximum absolute atomic E-state index is 11.7. The van der Waals surface area contributed by atoms with Gasteiger partial charge in [0, 0.05) is 21.9 Å². The summed E-state index contributed by atoms with van der Waals surface area (Å²) in [6.45, 7) is 0.435. The standard InChI is InChI=1S/C11H12Br2N2O2/c12-7-3-4-8(9(13)6-7)11(17)15-5-1-2-10(14)16/h3-4,6H,1-2,5H2,(H2,14,16)(H,15,17). The molecule has 0 atom stereocenters. The van der Waals surface area contributed by atoms with Gasteiger partial charge in [-0.3, -0.25) is 9.59 Å². The molecule has 92 valence electrons. The average Bonchev–Trinajstić information content (AvgIpc) is 2.23. The molecule has 17 heavy (non-hydrogen) atoms. The molecule has 0 bridgehead atoms. The maximum atomic E-state index is 11.7. The fourth-order valence-corrected chi connectivity index (χ4v) is 2.46. The van der Waals surface area contributed by atoms with Gasteiger partial charge < -0.3 is 11.1 Å². The van der Waals surface area contributed by atoms with Gasteiger partial charge in [-0.15, -0.1) is 0 Å². The van der Waals surface area contributed by atoms with E-state index in [0.717, 1.165) is 8.95 Å². The Labute approximate surface area is 116 Å². The van der Waals surface area contributed by atoms with Crippen molar-refractivity contribution >= 4 is 43.7 Å². The molecule has 4 nitrogen and oxygen atoms in total. The van der Waals surface area contributed by atoms with Gasteiger partial charge in [-0.1, -0.05) is 15.9 Å². The van der Waals surface area contributed by atoms with Crippen LogP contribution in [-0.2, 0) is 4.79 Å². The molecule has 1 aromatic carbocycles. The summed E-state index contributed by atoms with van der Waals surface area (Å²) in [5.74, 6) is -0.530. The molecule has 0 aliphatic heterocycles. The van der Waals surface area contributed by atoms with Crippen LogP contribution in [0.5, 0.6) is 0 Å². The Morgan fingerprint density at radius 2 is 2.00 bits per heavy atom. The van der Waals surface area contributed by atoms with Crippen LogP contribution in [-0.4, -0.2) is 18.4 Å². The molecule has 0 unspecified atom stereocenters. The highest BCUT2D eigenvalue weighted by atomic mass is 79.9. The molecular weight excluding hydrogens is 352 g/mol. The first-order valence-corrected chi connectivity index (χ1v) is 6.61. The maximum Gasteiger partial charge on any atom is 0.252 e. The van der Waals surface area contributed by atoms with Crippen LogP contribution in [0.15, 0.2) is 27.1 Å². The summed E-state index contributed by atoms with van der Waals surface area (Å²) in [6, 6.07) is 5.32. The molecule has 6 heteroatoms. The minimum absolute atomic E-state index is 0.172. The number of hydrogen-bond acceptors (Lipinski definition) is 2. The van der Waals surface area contributed by atoms with Crippen molar-refractivity contribution in [3.63, 3.8) is 0 Å². The minimum atomic E-state index is -0.357. The SMILES string of the molecule is NC(=O)CCCNC(=O)c1ccc(Br)cc1Br. The number of carbonyl (C=O) groups is 2. The zero-order valence-corrected chi connectivity index (χ0v) is 12.2. The third kappa shape index (κ3) is 4.87. The number of nitrogens with one attached hydrogen (secondary N) is 1. The number of amides is 2. The zero-order chi connectivity index (χ0) is 12.8. The molecule has 0 aromatic heterocycles. The fraction of sp³-hybridized carbons (Fsp3) is 0.273. The second kappa shape index (κ2) is 6.76. The predicted octanol–water partition coefficient (Wildman–Crippen LogP) is 2.21. The summed E-state index contributed by atoms with van der Waals surface area (Å²) in [6.07, 6.45) is 0.830. The molecule has 0 fully saturated rings. The van der Waals surface area contributed by atoms with E-state index >= 15 is 0 Å². The van der Waals surface area contributed by atoms with E-state index in [1.807, 2.05) is 0 Å². The number of benzene rings is 1. The minimum Gasteiger partial charge on any atom is -0.370 e. The van der Waals surface area contributed by atoms with Gasteiger partial charge in [0.05, 0.1) is 5.56 Å². The van der Waals surface area contributed by atoms with E-state index in [1.165, 1.54) is 0 Å². The Kier molecular flexibility index (Phi) is 5.64. The predicted molar refractivity (Wildman–Crippen MR) is 72.6 cm³/mol. The number of rotatable bonds is 5. The van der Waals surface area contributed by atoms with E-state index in [1.54, 1.807) is 18.2 Å². The molecule has 1 rings (SSSR count). The van der Waals surface area contributed by atoms with Gasteiger partial charge in [-0.05, 0) is 40.5 Å². The van der Waals surface area contributed by atoms with Crippen LogP contribution in [0, 0.1) is 0 Å². The van der Waals surface area contributed by atoms with Crippen LogP contribution < -0.4 is 11.1 Å². The number of carbonyl (C=O) groups excluding carboxylic acids is 2. The lowest BCUT2D eigenvalue weighted by atomic mass is 10.2. The van der Waals surface area contributed by atoms with Crippen molar-refractivity contribution in [2.45, 2.75) is 12.8 Å². The number of hydrogen-bond donors (Lipinski definition) is 2. The molecule has 2 amide bonds. The second-order valence-corrected chi connectivity index (χ2v) is 5.22. The number of primary amides is 1. The summed E-state index contributed by atoms with van der Waals surface area (Å²) in [7, 11) is 0. The van der Waals surface area contributed by atoms with Crippen LogP contribution in [0.4, 0.5) is 0 Å². The zero-order valence-electron chi connectivity index (χ0n) is 9.00. The highest BCUT2D eigenvalue weighted by Crippen LogP contribution is 2.21. The molecule has 3 N–H and O–H groups in total. The molecule has 0 heterocycles. The van der Waals surface area contributed by atoms with E-state index in [9.17, 15) is 9.59 Å². The van der Waals surface area contributed by atoms with Gasteiger partial charge in [0.25, 0.3) is 5.91 Å². The Morgan fingerprint density at radius 3 is 2.59 bits per heavy atom. The summed E-state index contributed by atoms with van der Waals surface area (Å²) in [4.78, 5) is 22.3. The van der Waals surface area contributed by atoms with Gasteiger partial charge in [-0.2, -0.15) is 0 Å². The van der Waals surface area contributed by atoms with Crippen molar-refractivity contribution in [1.29, 1.82) is 0 Å². The van der Waals surface area contributed by atoms with Gasteiger partial charge in [0.15, 0.2) is 0 Å². The van der Waals surface area contributed by atoms with Crippen LogP contribution in [0.1, 0.15) is 23.2 Å². The van der Waals surface area contributed by atoms with E-state index in [4.69, 9.17) is 5.73 Å². The normalized spacial score (nSPS) is 10.0. The molecule has 0 aliphatic rings. The van der Waals surface area contributed by atoms with Crippen LogP contribution in [0.2, 0.25) is 0 Å². The first-order valence-electron chi connectivity index (χ1n) is 5.02. The van der Waals surface area contributed by atoms with Gasteiger partial charge in [0.1, 0.15) is 0 Å². The van der Waals surface area contributed by atoms with E-state index in [2.05, 4.69) is 37.2 Å². The Balaban J connectivity index is 2.50. The van der Waals surface area contributed by atoms with E-state index < -0.39 is 0 Å². The lowest BCUT2D eigenvalue weighted by Crippen LogP contribution is -2.25. The molecule has 0 saturated heterocycles. The Hall–Kier alpha value is -0.880. The average molecular weight is 364 g/mol.